The van der Waals surface area contributed by atoms with Gasteiger partial charge in [-0.1, -0.05) is 35.9 Å². The van der Waals surface area contributed by atoms with Crippen LogP contribution >= 0.6 is 11.6 Å². The highest BCUT2D eigenvalue weighted by molar-refractivity contribution is 7.89. The van der Waals surface area contributed by atoms with Crippen molar-refractivity contribution in [2.45, 2.75) is 11.5 Å². The number of hydrogen-bond acceptors (Lipinski definition) is 10. The Bertz CT molecular complexity index is 1330. The minimum Gasteiger partial charge on any atom is -0.458 e. The molecular formula is C25H29ClN6O5S. The van der Waals surface area contributed by atoms with Crippen molar-refractivity contribution in [2.75, 3.05) is 56.8 Å². The zero-order valence-corrected chi connectivity index (χ0v) is 22.4. The number of sulfonamides is 1. The van der Waals surface area contributed by atoms with E-state index in [9.17, 15) is 8.42 Å². The number of nitrogens with one attached hydrogen (secondary N) is 1. The summed E-state index contributed by atoms with van der Waals surface area (Å²) in [5.74, 6) is 1.13. The Balaban J connectivity index is 1.47. The van der Waals surface area contributed by atoms with E-state index in [-0.39, 0.29) is 30.7 Å². The van der Waals surface area contributed by atoms with E-state index >= 15 is 0 Å². The van der Waals surface area contributed by atoms with Gasteiger partial charge in [0.05, 0.1) is 30.9 Å². The van der Waals surface area contributed by atoms with E-state index in [4.69, 9.17) is 26.2 Å². The summed E-state index contributed by atoms with van der Waals surface area (Å²) in [6.45, 7) is 2.46. The number of morpholine rings is 1. The van der Waals surface area contributed by atoms with E-state index in [0.717, 1.165) is 15.4 Å². The number of nitrogens with zero attached hydrogens (tertiary/aromatic N) is 5. The molecule has 0 bridgehead atoms. The summed E-state index contributed by atoms with van der Waals surface area (Å²) in [6, 6.07) is 15.6. The lowest BCUT2D eigenvalue weighted by molar-refractivity contribution is 0.122. The van der Waals surface area contributed by atoms with E-state index in [1.807, 2.05) is 12.1 Å². The molecule has 0 aliphatic carbocycles. The molecule has 1 aromatic heterocycles. The van der Waals surface area contributed by atoms with Crippen molar-refractivity contribution >= 4 is 39.5 Å². The van der Waals surface area contributed by atoms with Gasteiger partial charge in [0.25, 0.3) is 0 Å². The van der Waals surface area contributed by atoms with Crippen molar-refractivity contribution in [1.82, 2.24) is 14.3 Å². The van der Waals surface area contributed by atoms with Gasteiger partial charge in [-0.3, -0.25) is 5.43 Å². The van der Waals surface area contributed by atoms with Gasteiger partial charge < -0.3 is 19.5 Å². The van der Waals surface area contributed by atoms with Crippen molar-refractivity contribution in [3.05, 3.63) is 70.7 Å². The van der Waals surface area contributed by atoms with Crippen molar-refractivity contribution in [3.8, 4) is 6.01 Å². The van der Waals surface area contributed by atoms with Crippen molar-refractivity contribution < 1.29 is 23.0 Å². The number of likely N-dealkylation sites (N-methyl/N-ethyl adjacent to an activating group) is 1. The summed E-state index contributed by atoms with van der Waals surface area (Å²) in [4.78, 5) is 11.2. The van der Waals surface area contributed by atoms with Gasteiger partial charge in [-0.15, -0.1) is 0 Å². The minimum absolute atomic E-state index is 0.0180. The number of halogens is 1. The Morgan fingerprint density at radius 1 is 1.16 bits per heavy atom. The molecule has 11 nitrogen and oxygen atoms in total. The van der Waals surface area contributed by atoms with Crippen LogP contribution in [0.25, 0.3) is 0 Å². The summed E-state index contributed by atoms with van der Waals surface area (Å²) in [7, 11) is -2.25. The Labute approximate surface area is 226 Å². The predicted molar refractivity (Wildman–Crippen MR) is 145 cm³/mol. The van der Waals surface area contributed by atoms with Crippen LogP contribution in [0.4, 0.5) is 11.6 Å². The predicted octanol–water partition coefficient (Wildman–Crippen LogP) is 2.60. The van der Waals surface area contributed by atoms with Crippen LogP contribution in [0, 0.1) is 0 Å². The van der Waals surface area contributed by atoms with Crippen LogP contribution in [-0.4, -0.2) is 80.5 Å². The van der Waals surface area contributed by atoms with E-state index in [2.05, 4.69) is 25.4 Å². The molecule has 4 rings (SSSR count). The van der Waals surface area contributed by atoms with Gasteiger partial charge in [0.1, 0.15) is 12.4 Å². The zero-order valence-electron chi connectivity index (χ0n) is 20.8. The first-order valence-corrected chi connectivity index (χ1v) is 13.7. The molecule has 0 spiro atoms. The standard InChI is InChI=1S/C25H29ClN6O5S/c1-31(10-13-33)38(34,35)22-8-4-20(5-9-22)18-37-25-28-23(16-24(29-25)32-11-14-36-15-12-32)30-27-17-19-2-6-21(26)7-3-19/h2-9,16-17,33H,10-15,18H2,1H3,(H,28,29,30)/b27-17+. The molecule has 0 unspecified atom stereocenters. The second kappa shape index (κ2) is 13.0. The fraction of sp³-hybridized carbons (Fsp3) is 0.320. The molecule has 1 aliphatic heterocycles. The molecule has 1 saturated heterocycles. The highest BCUT2D eigenvalue weighted by Crippen LogP contribution is 2.22. The van der Waals surface area contributed by atoms with Gasteiger partial charge in [0.2, 0.25) is 10.0 Å². The second-order valence-electron chi connectivity index (χ2n) is 8.40. The highest BCUT2D eigenvalue weighted by Gasteiger charge is 2.20. The first-order valence-electron chi connectivity index (χ1n) is 11.9. The number of rotatable bonds is 11. The maximum absolute atomic E-state index is 12.6. The summed E-state index contributed by atoms with van der Waals surface area (Å²) < 4.78 is 37.5. The third-order valence-corrected chi connectivity index (χ3v) is 7.83. The molecule has 1 fully saturated rings. The molecule has 202 valence electrons. The molecule has 3 aromatic rings. The Morgan fingerprint density at radius 2 is 1.87 bits per heavy atom. The number of benzene rings is 2. The Kier molecular flexibility index (Phi) is 9.48. The van der Waals surface area contributed by atoms with Gasteiger partial charge in [0.15, 0.2) is 5.82 Å². The molecule has 1 aliphatic rings. The number of anilines is 2. The molecule has 13 heteroatoms. The molecule has 0 radical (unpaired) electrons. The minimum atomic E-state index is -3.68. The van der Waals surface area contributed by atoms with Crippen LogP contribution in [0.2, 0.25) is 5.02 Å². The van der Waals surface area contributed by atoms with Crippen LogP contribution in [0.5, 0.6) is 6.01 Å². The summed E-state index contributed by atoms with van der Waals surface area (Å²) in [5, 5.41) is 14.0. The van der Waals surface area contributed by atoms with E-state index < -0.39 is 10.0 Å². The molecule has 0 saturated carbocycles. The smallest absolute Gasteiger partial charge is 0.320 e. The fourth-order valence-electron chi connectivity index (χ4n) is 3.56. The number of ether oxygens (including phenoxy) is 2. The average Bonchev–Trinajstić information content (AvgIpc) is 2.94. The number of aromatic nitrogens is 2. The molecule has 2 aromatic carbocycles. The van der Waals surface area contributed by atoms with Crippen molar-refractivity contribution in [3.63, 3.8) is 0 Å². The van der Waals surface area contributed by atoms with Gasteiger partial charge >= 0.3 is 6.01 Å². The van der Waals surface area contributed by atoms with Crippen molar-refractivity contribution in [2.24, 2.45) is 5.10 Å². The lowest BCUT2D eigenvalue weighted by atomic mass is 10.2. The van der Waals surface area contributed by atoms with E-state index in [1.54, 1.807) is 36.5 Å². The topological polar surface area (TPSA) is 129 Å². The largest absolute Gasteiger partial charge is 0.458 e. The van der Waals surface area contributed by atoms with Crippen molar-refractivity contribution in [1.29, 1.82) is 0 Å². The summed E-state index contributed by atoms with van der Waals surface area (Å²) in [5.41, 5.74) is 4.54. The maximum atomic E-state index is 12.6. The van der Waals surface area contributed by atoms with E-state index in [0.29, 0.717) is 43.0 Å². The lowest BCUT2D eigenvalue weighted by Gasteiger charge is -2.28. The third kappa shape index (κ3) is 7.39. The number of aliphatic hydroxyl groups excluding tert-OH is 1. The van der Waals surface area contributed by atoms with Gasteiger partial charge in [-0.05, 0) is 35.4 Å². The van der Waals surface area contributed by atoms with Crippen LogP contribution in [0.3, 0.4) is 0 Å². The van der Waals surface area contributed by atoms with Crippen LogP contribution in [0.1, 0.15) is 11.1 Å². The SMILES string of the molecule is CN(CCO)S(=O)(=O)c1ccc(COc2nc(N/N=C/c3ccc(Cl)cc3)cc(N3CCOCC3)n2)cc1. The number of hydrazone groups is 1. The van der Waals surface area contributed by atoms with E-state index in [1.165, 1.54) is 19.2 Å². The average molecular weight is 561 g/mol. The molecule has 2 heterocycles. The van der Waals surface area contributed by atoms with Gasteiger partial charge in [-0.25, -0.2) is 8.42 Å². The normalized spacial score (nSPS) is 14.3. The number of hydrogen-bond donors (Lipinski definition) is 2. The molecule has 0 atom stereocenters. The van der Waals surface area contributed by atoms with Gasteiger partial charge in [0, 0.05) is 37.8 Å². The summed E-state index contributed by atoms with van der Waals surface area (Å²) in [6.07, 6.45) is 1.65. The Hall–Kier alpha value is -3.29. The summed E-state index contributed by atoms with van der Waals surface area (Å²) >= 11 is 5.93. The fourth-order valence-corrected chi connectivity index (χ4v) is 4.85. The number of aliphatic hydroxyl groups is 1. The van der Waals surface area contributed by atoms with Gasteiger partial charge in [-0.2, -0.15) is 19.4 Å². The monoisotopic (exact) mass is 560 g/mol. The zero-order chi connectivity index (χ0) is 27.0. The first-order chi connectivity index (χ1) is 18.3. The Morgan fingerprint density at radius 3 is 2.55 bits per heavy atom. The lowest BCUT2D eigenvalue weighted by Crippen LogP contribution is -2.36. The third-order valence-electron chi connectivity index (χ3n) is 5.70. The van der Waals surface area contributed by atoms with Crippen LogP contribution in [-0.2, 0) is 21.4 Å². The van der Waals surface area contributed by atoms with Crippen LogP contribution < -0.4 is 15.1 Å². The highest BCUT2D eigenvalue weighted by atomic mass is 35.5. The molecule has 38 heavy (non-hydrogen) atoms. The second-order valence-corrected chi connectivity index (χ2v) is 10.9. The molecule has 0 amide bonds. The maximum Gasteiger partial charge on any atom is 0.320 e. The first kappa shape index (κ1) is 27.7. The quantitative estimate of drug-likeness (QED) is 0.268. The molecule has 2 N–H and O–H groups in total. The van der Waals surface area contributed by atoms with Crippen LogP contribution in [0.15, 0.2) is 64.6 Å². The molecular weight excluding hydrogens is 532 g/mol.